The molecule has 0 saturated carbocycles. The van der Waals surface area contributed by atoms with Crippen molar-refractivity contribution < 1.29 is 25.2 Å². The zero-order chi connectivity index (χ0) is 17.3. The fraction of sp³-hybridized carbons (Fsp3) is 0.643. The van der Waals surface area contributed by atoms with Crippen molar-refractivity contribution in [3.05, 3.63) is 12.7 Å². The van der Waals surface area contributed by atoms with Gasteiger partial charge in [-0.25, -0.2) is 15.0 Å². The molecular formula is C14H21N5O5. The van der Waals surface area contributed by atoms with Crippen LogP contribution < -0.4 is 4.90 Å². The summed E-state index contributed by atoms with van der Waals surface area (Å²) in [6.45, 7) is 2.56. The minimum atomic E-state index is -1.21. The van der Waals surface area contributed by atoms with Gasteiger partial charge in [-0.1, -0.05) is 0 Å². The van der Waals surface area contributed by atoms with Crippen LogP contribution in [0.4, 0.5) is 5.82 Å². The molecule has 1 aliphatic heterocycles. The van der Waals surface area contributed by atoms with Crippen molar-refractivity contribution in [1.29, 1.82) is 0 Å². The highest BCUT2D eigenvalue weighted by molar-refractivity contribution is 5.83. The molecule has 1 saturated heterocycles. The lowest BCUT2D eigenvalue weighted by molar-refractivity contribution is -0.0511. The summed E-state index contributed by atoms with van der Waals surface area (Å²) in [5.41, 5.74) is 0.941. The lowest BCUT2D eigenvalue weighted by Gasteiger charge is -2.21. The first-order valence-electron chi connectivity index (χ1n) is 7.78. The van der Waals surface area contributed by atoms with E-state index < -0.39 is 31.1 Å². The van der Waals surface area contributed by atoms with Gasteiger partial charge in [0.25, 0.3) is 0 Å². The number of aliphatic hydroxyl groups excluding tert-OH is 4. The summed E-state index contributed by atoms with van der Waals surface area (Å²) < 4.78 is 7.03. The van der Waals surface area contributed by atoms with Gasteiger partial charge >= 0.3 is 0 Å². The lowest BCUT2D eigenvalue weighted by Crippen LogP contribution is -2.33. The molecule has 2 aromatic heterocycles. The highest BCUT2D eigenvalue weighted by Crippen LogP contribution is 2.32. The number of hydrogen-bond donors (Lipinski definition) is 4. The minimum Gasteiger partial charge on any atom is -0.395 e. The van der Waals surface area contributed by atoms with Crippen LogP contribution >= 0.6 is 0 Å². The van der Waals surface area contributed by atoms with Gasteiger partial charge in [0, 0.05) is 13.1 Å². The van der Waals surface area contributed by atoms with Crippen molar-refractivity contribution in [3.63, 3.8) is 0 Å². The number of ether oxygens (including phenoxy) is 1. The summed E-state index contributed by atoms with van der Waals surface area (Å²) in [7, 11) is 0. The summed E-state index contributed by atoms with van der Waals surface area (Å²) >= 11 is 0. The Labute approximate surface area is 138 Å². The van der Waals surface area contributed by atoms with Gasteiger partial charge in [-0.3, -0.25) is 4.57 Å². The Morgan fingerprint density at radius 1 is 1.21 bits per heavy atom. The van der Waals surface area contributed by atoms with E-state index in [9.17, 15) is 20.4 Å². The first kappa shape index (κ1) is 17.0. The van der Waals surface area contributed by atoms with Crippen LogP contribution in [-0.2, 0) is 4.74 Å². The van der Waals surface area contributed by atoms with Gasteiger partial charge in [-0.15, -0.1) is 0 Å². The van der Waals surface area contributed by atoms with Crippen LogP contribution in [0.15, 0.2) is 12.7 Å². The van der Waals surface area contributed by atoms with Gasteiger partial charge in [0.1, 0.15) is 24.6 Å². The Bertz CT molecular complexity index is 695. The monoisotopic (exact) mass is 339 g/mol. The lowest BCUT2D eigenvalue weighted by atomic mass is 10.1. The molecule has 4 atom stereocenters. The number of aliphatic hydroxyl groups is 4. The van der Waals surface area contributed by atoms with Crippen molar-refractivity contribution in [2.45, 2.75) is 31.5 Å². The fourth-order valence-corrected chi connectivity index (χ4v) is 2.90. The maximum Gasteiger partial charge on any atom is 0.167 e. The molecule has 10 heteroatoms. The Morgan fingerprint density at radius 3 is 2.62 bits per heavy atom. The molecule has 3 heterocycles. The van der Waals surface area contributed by atoms with E-state index in [2.05, 4.69) is 15.0 Å². The topological polar surface area (TPSA) is 137 Å². The molecule has 10 nitrogen and oxygen atoms in total. The van der Waals surface area contributed by atoms with Crippen molar-refractivity contribution in [3.8, 4) is 0 Å². The zero-order valence-electron chi connectivity index (χ0n) is 13.2. The number of aromatic nitrogens is 4. The molecule has 3 rings (SSSR count). The number of hydrogen-bond acceptors (Lipinski definition) is 9. The minimum absolute atomic E-state index is 0.0190. The maximum atomic E-state index is 10.2. The van der Waals surface area contributed by atoms with Crippen molar-refractivity contribution >= 4 is 17.0 Å². The molecule has 24 heavy (non-hydrogen) atoms. The Kier molecular flexibility index (Phi) is 4.92. The molecule has 0 bridgehead atoms. The van der Waals surface area contributed by atoms with E-state index in [1.54, 1.807) is 0 Å². The quantitative estimate of drug-likeness (QED) is 0.483. The number of likely N-dealkylation sites (N-methyl/N-ethyl adjacent to an activating group) is 1. The van der Waals surface area contributed by atoms with Crippen LogP contribution in [0, 0.1) is 0 Å². The molecule has 0 aliphatic carbocycles. The van der Waals surface area contributed by atoms with Crippen molar-refractivity contribution in [2.24, 2.45) is 0 Å². The molecule has 0 amide bonds. The van der Waals surface area contributed by atoms with E-state index in [1.165, 1.54) is 17.2 Å². The summed E-state index contributed by atoms with van der Waals surface area (Å²) in [6.07, 6.45) is -1.35. The molecule has 4 N–H and O–H groups in total. The molecule has 2 aromatic rings. The number of rotatable bonds is 6. The van der Waals surface area contributed by atoms with Gasteiger partial charge in [0.15, 0.2) is 23.2 Å². The predicted molar refractivity (Wildman–Crippen MR) is 83.3 cm³/mol. The average Bonchev–Trinajstić information content (AvgIpc) is 3.14. The summed E-state index contributed by atoms with van der Waals surface area (Å²) in [4.78, 5) is 14.6. The third-order valence-electron chi connectivity index (χ3n) is 4.18. The normalized spacial score (nSPS) is 27.0. The standard InChI is InChI=1S/C14H21N5O5/c1-2-18(3-4-20)12-9-13(16-6-15-12)19(7-17-9)14-11(23)10(22)8(5-21)24-14/h6-8,10-11,14,20-23H,2-5H2,1H3. The summed E-state index contributed by atoms with van der Waals surface area (Å²) in [5, 5.41) is 38.5. The van der Waals surface area contributed by atoms with E-state index in [-0.39, 0.29) is 6.61 Å². The molecule has 0 spiro atoms. The fourth-order valence-electron chi connectivity index (χ4n) is 2.90. The highest BCUT2D eigenvalue weighted by atomic mass is 16.6. The van der Waals surface area contributed by atoms with Gasteiger partial charge in [-0.2, -0.15) is 0 Å². The molecule has 1 fully saturated rings. The highest BCUT2D eigenvalue weighted by Gasteiger charge is 2.44. The van der Waals surface area contributed by atoms with Crippen LogP contribution in [0.2, 0.25) is 0 Å². The van der Waals surface area contributed by atoms with Crippen LogP contribution in [-0.4, -0.2) is 84.6 Å². The Hall–Kier alpha value is -1.85. The van der Waals surface area contributed by atoms with Gasteiger partial charge in [-0.05, 0) is 6.92 Å². The first-order chi connectivity index (χ1) is 11.6. The largest absolute Gasteiger partial charge is 0.395 e. The second-order valence-electron chi connectivity index (χ2n) is 5.55. The average molecular weight is 339 g/mol. The molecule has 132 valence electrons. The zero-order valence-corrected chi connectivity index (χ0v) is 13.2. The van der Waals surface area contributed by atoms with Crippen molar-refractivity contribution in [2.75, 3.05) is 31.2 Å². The molecular weight excluding hydrogens is 318 g/mol. The third-order valence-corrected chi connectivity index (χ3v) is 4.18. The van der Waals surface area contributed by atoms with E-state index in [4.69, 9.17) is 4.74 Å². The molecule has 0 radical (unpaired) electrons. The molecule has 0 aromatic carbocycles. The molecule has 1 aliphatic rings. The van der Waals surface area contributed by atoms with Crippen LogP contribution in [0.3, 0.4) is 0 Å². The second-order valence-corrected chi connectivity index (χ2v) is 5.55. The van der Waals surface area contributed by atoms with E-state index in [0.29, 0.717) is 30.1 Å². The van der Waals surface area contributed by atoms with Crippen LogP contribution in [0.5, 0.6) is 0 Å². The predicted octanol–water partition coefficient (Wildman–Crippen LogP) is -1.74. The molecule has 4 unspecified atom stereocenters. The number of fused-ring (bicyclic) bond motifs is 1. The van der Waals surface area contributed by atoms with E-state index in [0.717, 1.165) is 0 Å². The Morgan fingerprint density at radius 2 is 2.00 bits per heavy atom. The summed E-state index contributed by atoms with van der Waals surface area (Å²) in [5.74, 6) is 0.571. The smallest absolute Gasteiger partial charge is 0.167 e. The second kappa shape index (κ2) is 6.95. The first-order valence-corrected chi connectivity index (χ1v) is 7.78. The van der Waals surface area contributed by atoms with Gasteiger partial charge in [0.05, 0.1) is 19.5 Å². The number of imidazole rings is 1. The van der Waals surface area contributed by atoms with Crippen LogP contribution in [0.1, 0.15) is 13.2 Å². The van der Waals surface area contributed by atoms with Gasteiger partial charge < -0.3 is 30.1 Å². The summed E-state index contributed by atoms with van der Waals surface area (Å²) in [6, 6.07) is 0. The maximum absolute atomic E-state index is 10.2. The number of nitrogens with zero attached hydrogens (tertiary/aromatic N) is 5. The van der Waals surface area contributed by atoms with Gasteiger partial charge in [0.2, 0.25) is 0 Å². The van der Waals surface area contributed by atoms with Crippen molar-refractivity contribution in [1.82, 2.24) is 19.5 Å². The third kappa shape index (κ3) is 2.72. The Balaban J connectivity index is 2.00. The SMILES string of the molecule is CCN(CCO)c1ncnc2c1ncn2C1OC(CO)C(O)C1O. The van der Waals surface area contributed by atoms with E-state index in [1.807, 2.05) is 11.8 Å². The number of anilines is 1. The van der Waals surface area contributed by atoms with E-state index >= 15 is 0 Å². The van der Waals surface area contributed by atoms with Crippen LogP contribution in [0.25, 0.3) is 11.2 Å².